The first-order valence-electron chi connectivity index (χ1n) is 6.02. The molecule has 0 radical (unpaired) electrons. The molecule has 98 valence electrons. The van der Waals surface area contributed by atoms with Crippen LogP contribution in [0, 0.1) is 5.82 Å². The van der Waals surface area contributed by atoms with Gasteiger partial charge in [-0.3, -0.25) is 0 Å². The first-order valence-corrected chi connectivity index (χ1v) is 7.85. The van der Waals surface area contributed by atoms with Crippen LogP contribution >= 0.6 is 0 Å². The van der Waals surface area contributed by atoms with Crippen molar-refractivity contribution < 1.29 is 12.8 Å². The standard InChI is InChI=1S/C11H14FN3O2S/c12-9-10(8-1-2-8)13-7-14-11(9)15-3-5-18(16,17)6-4-15/h7-8H,1-6H2. The average molecular weight is 271 g/mol. The molecule has 18 heavy (non-hydrogen) atoms. The minimum atomic E-state index is -2.96. The van der Waals surface area contributed by atoms with Crippen LogP contribution in [0.1, 0.15) is 24.5 Å². The SMILES string of the molecule is O=S1(=O)CCN(c2ncnc(C3CC3)c2F)CC1. The van der Waals surface area contributed by atoms with E-state index in [1.807, 2.05) is 0 Å². The molecule has 1 aliphatic heterocycles. The summed E-state index contributed by atoms with van der Waals surface area (Å²) in [5, 5.41) is 0. The molecule has 5 nitrogen and oxygen atoms in total. The first kappa shape index (κ1) is 11.8. The molecule has 7 heteroatoms. The van der Waals surface area contributed by atoms with E-state index in [2.05, 4.69) is 9.97 Å². The molecular weight excluding hydrogens is 257 g/mol. The molecule has 1 saturated heterocycles. The molecule has 2 fully saturated rings. The number of anilines is 1. The van der Waals surface area contributed by atoms with Crippen LogP contribution in [0.4, 0.5) is 10.2 Å². The van der Waals surface area contributed by atoms with Crippen LogP contribution in [0.25, 0.3) is 0 Å². The number of sulfone groups is 1. The van der Waals surface area contributed by atoms with Crippen molar-refractivity contribution in [2.45, 2.75) is 18.8 Å². The minimum absolute atomic E-state index is 0.0647. The van der Waals surface area contributed by atoms with Crippen molar-refractivity contribution in [1.82, 2.24) is 9.97 Å². The average Bonchev–Trinajstić information content (AvgIpc) is 3.14. The Morgan fingerprint density at radius 2 is 1.89 bits per heavy atom. The minimum Gasteiger partial charge on any atom is -0.352 e. The second-order valence-electron chi connectivity index (χ2n) is 4.81. The van der Waals surface area contributed by atoms with Crippen LogP contribution < -0.4 is 4.90 Å². The third-order valence-corrected chi connectivity index (χ3v) is 5.02. The molecule has 0 bridgehead atoms. The van der Waals surface area contributed by atoms with Gasteiger partial charge >= 0.3 is 0 Å². The zero-order chi connectivity index (χ0) is 12.8. The zero-order valence-electron chi connectivity index (χ0n) is 9.84. The Kier molecular flexibility index (Phi) is 2.73. The van der Waals surface area contributed by atoms with Crippen LogP contribution in [-0.4, -0.2) is 43.0 Å². The van der Waals surface area contributed by atoms with Gasteiger partial charge in [0, 0.05) is 19.0 Å². The monoisotopic (exact) mass is 271 g/mol. The molecule has 2 heterocycles. The molecule has 0 unspecified atom stereocenters. The molecule has 0 atom stereocenters. The molecule has 3 rings (SSSR count). The van der Waals surface area contributed by atoms with Gasteiger partial charge in [-0.25, -0.2) is 22.8 Å². The van der Waals surface area contributed by atoms with E-state index in [1.165, 1.54) is 6.33 Å². The van der Waals surface area contributed by atoms with Crippen LogP contribution in [0.3, 0.4) is 0 Å². The maximum atomic E-state index is 14.2. The maximum Gasteiger partial charge on any atom is 0.187 e. The molecule has 1 saturated carbocycles. The van der Waals surface area contributed by atoms with Gasteiger partial charge in [-0.1, -0.05) is 0 Å². The van der Waals surface area contributed by atoms with Crippen molar-refractivity contribution in [2.75, 3.05) is 29.5 Å². The third-order valence-electron chi connectivity index (χ3n) is 3.41. The highest BCUT2D eigenvalue weighted by atomic mass is 32.2. The normalized spacial score (nSPS) is 23.1. The van der Waals surface area contributed by atoms with E-state index in [-0.39, 0.29) is 29.1 Å². The van der Waals surface area contributed by atoms with Gasteiger partial charge in [0.05, 0.1) is 17.2 Å². The van der Waals surface area contributed by atoms with Crippen LogP contribution in [0.5, 0.6) is 0 Å². The van der Waals surface area contributed by atoms with Crippen molar-refractivity contribution in [2.24, 2.45) is 0 Å². The summed E-state index contributed by atoms with van der Waals surface area (Å²) in [5.41, 5.74) is 0.480. The van der Waals surface area contributed by atoms with Crippen molar-refractivity contribution in [3.63, 3.8) is 0 Å². The lowest BCUT2D eigenvalue weighted by atomic mass is 10.2. The van der Waals surface area contributed by atoms with Gasteiger partial charge in [0.2, 0.25) is 0 Å². The smallest absolute Gasteiger partial charge is 0.187 e. The molecule has 1 aromatic heterocycles. The van der Waals surface area contributed by atoms with Gasteiger partial charge in [-0.2, -0.15) is 0 Å². The van der Waals surface area contributed by atoms with Gasteiger partial charge in [0.1, 0.15) is 6.33 Å². The second kappa shape index (κ2) is 4.15. The quantitative estimate of drug-likeness (QED) is 0.793. The lowest BCUT2D eigenvalue weighted by Crippen LogP contribution is -2.41. The molecule has 0 N–H and O–H groups in total. The first-order chi connectivity index (χ1) is 8.57. The Morgan fingerprint density at radius 1 is 1.22 bits per heavy atom. The molecule has 1 aromatic rings. The summed E-state index contributed by atoms with van der Waals surface area (Å²) < 4.78 is 36.9. The number of hydrogen-bond acceptors (Lipinski definition) is 5. The fraction of sp³-hybridized carbons (Fsp3) is 0.636. The van der Waals surface area contributed by atoms with E-state index in [4.69, 9.17) is 0 Å². The Morgan fingerprint density at radius 3 is 2.50 bits per heavy atom. The topological polar surface area (TPSA) is 63.2 Å². The summed E-state index contributed by atoms with van der Waals surface area (Å²) in [6, 6.07) is 0. The van der Waals surface area contributed by atoms with Crippen molar-refractivity contribution in [1.29, 1.82) is 0 Å². The maximum absolute atomic E-state index is 14.2. The third kappa shape index (κ3) is 2.19. The summed E-state index contributed by atoms with van der Waals surface area (Å²) in [6.07, 6.45) is 3.32. The van der Waals surface area contributed by atoms with Gasteiger partial charge in [0.25, 0.3) is 0 Å². The van der Waals surface area contributed by atoms with Gasteiger partial charge in [0.15, 0.2) is 21.5 Å². The van der Waals surface area contributed by atoms with E-state index < -0.39 is 9.84 Å². The van der Waals surface area contributed by atoms with Gasteiger partial charge in [-0.05, 0) is 12.8 Å². The summed E-state index contributed by atoms with van der Waals surface area (Å²) in [4.78, 5) is 9.66. The number of halogens is 1. The Labute approximate surface area is 105 Å². The van der Waals surface area contributed by atoms with E-state index in [1.54, 1.807) is 4.90 Å². The lowest BCUT2D eigenvalue weighted by Gasteiger charge is -2.28. The Bertz CT molecular complexity index is 558. The van der Waals surface area contributed by atoms with E-state index in [9.17, 15) is 12.8 Å². The molecule has 2 aliphatic rings. The number of nitrogens with zero attached hydrogens (tertiary/aromatic N) is 3. The summed E-state index contributed by atoms with van der Waals surface area (Å²) in [7, 11) is -2.96. The predicted molar refractivity (Wildman–Crippen MR) is 64.8 cm³/mol. The predicted octanol–water partition coefficient (Wildman–Crippen LogP) is 0.728. The largest absolute Gasteiger partial charge is 0.352 e. The van der Waals surface area contributed by atoms with Crippen molar-refractivity contribution in [3.05, 3.63) is 17.8 Å². The Balaban J connectivity index is 1.86. The number of hydrogen-bond donors (Lipinski definition) is 0. The summed E-state index contributed by atoms with van der Waals surface area (Å²) >= 11 is 0. The fourth-order valence-electron chi connectivity index (χ4n) is 2.16. The van der Waals surface area contributed by atoms with E-state index >= 15 is 0 Å². The summed E-state index contributed by atoms with van der Waals surface area (Å²) in [5.74, 6) is 0.228. The summed E-state index contributed by atoms with van der Waals surface area (Å²) in [6.45, 7) is 0.612. The van der Waals surface area contributed by atoms with Crippen LogP contribution in [0.15, 0.2) is 6.33 Å². The van der Waals surface area contributed by atoms with Crippen LogP contribution in [0.2, 0.25) is 0 Å². The molecular formula is C11H14FN3O2S. The fourth-order valence-corrected chi connectivity index (χ4v) is 3.36. The second-order valence-corrected chi connectivity index (χ2v) is 7.11. The lowest BCUT2D eigenvalue weighted by molar-refractivity contribution is 0.570. The van der Waals surface area contributed by atoms with Gasteiger partial charge < -0.3 is 4.90 Å². The molecule has 1 aliphatic carbocycles. The van der Waals surface area contributed by atoms with Gasteiger partial charge in [-0.15, -0.1) is 0 Å². The Hall–Kier alpha value is -1.24. The highest BCUT2D eigenvalue weighted by molar-refractivity contribution is 7.91. The van der Waals surface area contributed by atoms with E-state index in [0.29, 0.717) is 18.8 Å². The molecule has 0 amide bonds. The molecule has 0 aromatic carbocycles. The highest BCUT2D eigenvalue weighted by Crippen LogP contribution is 2.41. The van der Waals surface area contributed by atoms with Crippen LogP contribution in [-0.2, 0) is 9.84 Å². The van der Waals surface area contributed by atoms with Crippen molar-refractivity contribution >= 4 is 15.7 Å². The van der Waals surface area contributed by atoms with E-state index in [0.717, 1.165) is 12.8 Å². The number of rotatable bonds is 2. The number of aromatic nitrogens is 2. The highest BCUT2D eigenvalue weighted by Gasteiger charge is 2.32. The zero-order valence-corrected chi connectivity index (χ0v) is 10.7. The van der Waals surface area contributed by atoms with Crippen molar-refractivity contribution in [3.8, 4) is 0 Å². The molecule has 0 spiro atoms.